The summed E-state index contributed by atoms with van der Waals surface area (Å²) < 4.78 is 32.9. The minimum Gasteiger partial charge on any atom is -0.373 e. The Morgan fingerprint density at radius 3 is 2.78 bits per heavy atom. The van der Waals surface area contributed by atoms with Crippen molar-refractivity contribution in [3.05, 3.63) is 33.8 Å². The second-order valence-corrected chi connectivity index (χ2v) is 5.50. The van der Waals surface area contributed by atoms with Crippen molar-refractivity contribution in [2.45, 2.75) is 25.6 Å². The van der Waals surface area contributed by atoms with Crippen LogP contribution in [0.2, 0.25) is 0 Å². The van der Waals surface area contributed by atoms with E-state index in [4.69, 9.17) is 4.74 Å². The Morgan fingerprint density at radius 2 is 2.11 bits per heavy atom. The van der Waals surface area contributed by atoms with Crippen LogP contribution >= 0.6 is 15.9 Å². The lowest BCUT2D eigenvalue weighted by Gasteiger charge is -2.35. The molecule has 2 nitrogen and oxygen atoms in total. The first-order chi connectivity index (χ1) is 8.61. The van der Waals surface area contributed by atoms with Gasteiger partial charge in [0.05, 0.1) is 22.7 Å². The van der Waals surface area contributed by atoms with Crippen molar-refractivity contribution in [2.24, 2.45) is 5.92 Å². The van der Waals surface area contributed by atoms with E-state index in [2.05, 4.69) is 21.2 Å². The highest BCUT2D eigenvalue weighted by molar-refractivity contribution is 9.10. The van der Waals surface area contributed by atoms with E-state index in [1.54, 1.807) is 0 Å². The molecule has 0 aliphatic heterocycles. The largest absolute Gasteiger partial charge is 0.373 e. The van der Waals surface area contributed by atoms with Crippen LogP contribution in [0.3, 0.4) is 0 Å². The first-order valence-electron chi connectivity index (χ1n) is 6.00. The van der Waals surface area contributed by atoms with Crippen LogP contribution in [0.5, 0.6) is 0 Å². The molecule has 0 unspecified atom stereocenters. The minimum absolute atomic E-state index is 0.00133. The second-order valence-electron chi connectivity index (χ2n) is 4.65. The summed E-state index contributed by atoms with van der Waals surface area (Å²) in [4.78, 5) is 0. The van der Waals surface area contributed by atoms with E-state index in [9.17, 15) is 8.78 Å². The number of benzene rings is 1. The summed E-state index contributed by atoms with van der Waals surface area (Å²) >= 11 is 3.04. The van der Waals surface area contributed by atoms with E-state index >= 15 is 0 Å². The third kappa shape index (κ3) is 3.08. The molecule has 0 heterocycles. The number of hydrogen-bond donors (Lipinski definition) is 1. The Morgan fingerprint density at radius 1 is 1.39 bits per heavy atom. The van der Waals surface area contributed by atoms with Crippen LogP contribution in [0, 0.1) is 17.6 Å². The van der Waals surface area contributed by atoms with Crippen molar-refractivity contribution in [3.8, 4) is 0 Å². The lowest BCUT2D eigenvalue weighted by atomic mass is 9.82. The third-order valence-electron chi connectivity index (χ3n) is 3.29. The average molecular weight is 320 g/mol. The van der Waals surface area contributed by atoms with Crippen LogP contribution in [0.25, 0.3) is 0 Å². The maximum atomic E-state index is 13.7. The van der Waals surface area contributed by atoms with E-state index in [0.29, 0.717) is 5.92 Å². The molecule has 1 fully saturated rings. The SMILES string of the molecule is CNCC1CC(OCc2c(F)ccc(Br)c2F)C1. The van der Waals surface area contributed by atoms with Gasteiger partial charge in [-0.3, -0.25) is 0 Å². The number of ether oxygens (including phenoxy) is 1. The van der Waals surface area contributed by atoms with Gasteiger partial charge in [0, 0.05) is 0 Å². The van der Waals surface area contributed by atoms with Crippen LogP contribution in [0.15, 0.2) is 16.6 Å². The summed E-state index contributed by atoms with van der Waals surface area (Å²) in [7, 11) is 1.92. The number of nitrogens with one attached hydrogen (secondary N) is 1. The summed E-state index contributed by atoms with van der Waals surface area (Å²) in [5, 5.41) is 3.11. The van der Waals surface area contributed by atoms with Crippen LogP contribution < -0.4 is 5.32 Å². The molecule has 1 N–H and O–H groups in total. The van der Waals surface area contributed by atoms with E-state index in [1.165, 1.54) is 12.1 Å². The number of halogens is 3. The lowest BCUT2D eigenvalue weighted by molar-refractivity contribution is -0.0409. The van der Waals surface area contributed by atoms with Gasteiger partial charge in [-0.15, -0.1) is 0 Å². The van der Waals surface area contributed by atoms with Crippen molar-refractivity contribution >= 4 is 15.9 Å². The van der Waals surface area contributed by atoms with Crippen molar-refractivity contribution in [1.82, 2.24) is 5.32 Å². The highest BCUT2D eigenvalue weighted by Crippen LogP contribution is 2.31. The molecule has 0 saturated heterocycles. The number of hydrogen-bond acceptors (Lipinski definition) is 2. The average Bonchev–Trinajstić information content (AvgIpc) is 2.30. The molecule has 1 saturated carbocycles. The van der Waals surface area contributed by atoms with Gasteiger partial charge >= 0.3 is 0 Å². The Kier molecular flexibility index (Phi) is 4.70. The zero-order chi connectivity index (χ0) is 13.1. The van der Waals surface area contributed by atoms with E-state index in [-0.39, 0.29) is 22.7 Å². The standard InChI is InChI=1S/C13H16BrF2NO/c1-17-6-8-4-9(5-8)18-7-10-12(15)3-2-11(14)13(10)16/h2-3,8-9,17H,4-7H2,1H3. The van der Waals surface area contributed by atoms with Gasteiger partial charge in [0.25, 0.3) is 0 Å². The molecule has 1 aliphatic rings. The molecule has 1 aromatic carbocycles. The van der Waals surface area contributed by atoms with Crippen molar-refractivity contribution in [3.63, 3.8) is 0 Å². The molecule has 1 aliphatic carbocycles. The Hall–Kier alpha value is -0.520. The maximum absolute atomic E-state index is 13.7. The summed E-state index contributed by atoms with van der Waals surface area (Å²) in [5.74, 6) is -0.500. The van der Waals surface area contributed by atoms with Gasteiger partial charge in [0.1, 0.15) is 11.6 Å². The maximum Gasteiger partial charge on any atom is 0.145 e. The fourth-order valence-corrected chi connectivity index (χ4v) is 2.54. The van der Waals surface area contributed by atoms with Gasteiger partial charge in [-0.05, 0) is 60.4 Å². The molecule has 0 radical (unpaired) electrons. The third-order valence-corrected chi connectivity index (χ3v) is 3.90. The molecule has 0 amide bonds. The molecule has 100 valence electrons. The normalized spacial score (nSPS) is 22.9. The summed E-state index contributed by atoms with van der Waals surface area (Å²) in [6.07, 6.45) is 2.04. The first kappa shape index (κ1) is 13.9. The molecule has 0 spiro atoms. The van der Waals surface area contributed by atoms with Crippen LogP contribution in [0.4, 0.5) is 8.78 Å². The molecule has 0 aromatic heterocycles. The van der Waals surface area contributed by atoms with Gasteiger partial charge in [-0.1, -0.05) is 0 Å². The zero-order valence-electron chi connectivity index (χ0n) is 10.2. The Bertz CT molecular complexity index is 422. The van der Waals surface area contributed by atoms with Crippen LogP contribution in [-0.4, -0.2) is 19.7 Å². The van der Waals surface area contributed by atoms with Gasteiger partial charge in [-0.2, -0.15) is 0 Å². The quantitative estimate of drug-likeness (QED) is 0.841. The predicted octanol–water partition coefficient (Wildman–Crippen LogP) is 3.24. The molecule has 18 heavy (non-hydrogen) atoms. The van der Waals surface area contributed by atoms with Crippen molar-refractivity contribution < 1.29 is 13.5 Å². The Balaban J connectivity index is 1.86. The molecule has 2 rings (SSSR count). The van der Waals surface area contributed by atoms with Gasteiger partial charge in [0.15, 0.2) is 0 Å². The predicted molar refractivity (Wildman–Crippen MR) is 69.3 cm³/mol. The number of rotatable bonds is 5. The van der Waals surface area contributed by atoms with E-state index < -0.39 is 11.6 Å². The molecule has 0 bridgehead atoms. The monoisotopic (exact) mass is 319 g/mol. The molecular weight excluding hydrogens is 304 g/mol. The molecular formula is C13H16BrF2NO. The van der Waals surface area contributed by atoms with Gasteiger partial charge in [-0.25, -0.2) is 8.78 Å². The van der Waals surface area contributed by atoms with E-state index in [1.807, 2.05) is 7.05 Å². The lowest BCUT2D eigenvalue weighted by Crippen LogP contribution is -2.36. The van der Waals surface area contributed by atoms with Crippen LogP contribution in [0.1, 0.15) is 18.4 Å². The summed E-state index contributed by atoms with van der Waals surface area (Å²) in [6.45, 7) is 0.966. The highest BCUT2D eigenvalue weighted by atomic mass is 79.9. The van der Waals surface area contributed by atoms with Crippen LogP contribution in [-0.2, 0) is 11.3 Å². The smallest absolute Gasteiger partial charge is 0.145 e. The van der Waals surface area contributed by atoms with Gasteiger partial charge in [0.2, 0.25) is 0 Å². The fourth-order valence-electron chi connectivity index (χ4n) is 2.17. The summed E-state index contributed by atoms with van der Waals surface area (Å²) in [6, 6.07) is 2.61. The summed E-state index contributed by atoms with van der Waals surface area (Å²) in [5.41, 5.74) is 0.00133. The first-order valence-corrected chi connectivity index (χ1v) is 6.79. The van der Waals surface area contributed by atoms with Crippen molar-refractivity contribution in [2.75, 3.05) is 13.6 Å². The fraction of sp³-hybridized carbons (Fsp3) is 0.538. The molecule has 0 atom stereocenters. The topological polar surface area (TPSA) is 21.3 Å². The van der Waals surface area contributed by atoms with Gasteiger partial charge < -0.3 is 10.1 Å². The Labute approximate surface area is 114 Å². The highest BCUT2D eigenvalue weighted by Gasteiger charge is 2.29. The molecule has 5 heteroatoms. The zero-order valence-corrected chi connectivity index (χ0v) is 11.8. The van der Waals surface area contributed by atoms with E-state index in [0.717, 1.165) is 19.4 Å². The minimum atomic E-state index is -0.568. The molecule has 1 aromatic rings. The second kappa shape index (κ2) is 6.08. The van der Waals surface area contributed by atoms with Crippen molar-refractivity contribution in [1.29, 1.82) is 0 Å².